The van der Waals surface area contributed by atoms with Gasteiger partial charge in [-0.1, -0.05) is 5.16 Å². The summed E-state index contributed by atoms with van der Waals surface area (Å²) in [6.45, 7) is 7.51. The molecule has 1 saturated heterocycles. The first-order valence-electron chi connectivity index (χ1n) is 5.52. The zero-order valence-electron chi connectivity index (χ0n) is 9.89. The van der Waals surface area contributed by atoms with Crippen LogP contribution in [-0.2, 0) is 4.79 Å². The maximum Gasteiger partial charge on any atom is 0.230 e. The number of hydrogen-bond donors (Lipinski definition) is 2. The number of carbonyl (C=O) groups is 1. The predicted octanol–water partition coefficient (Wildman–Crippen LogP) is -0.324. The molecular weight excluding hydrogens is 208 g/mol. The Balaban J connectivity index is 2.39. The molecule has 0 aromatic rings. The minimum Gasteiger partial charge on any atom is -0.409 e. The average Bonchev–Trinajstić information content (AvgIpc) is 2.28. The topological polar surface area (TPSA) is 82.2 Å². The number of piperazine rings is 1. The highest BCUT2D eigenvalue weighted by molar-refractivity contribution is 5.98. The molecule has 92 valence electrons. The smallest absolute Gasteiger partial charge is 0.230 e. The minimum absolute atomic E-state index is 0.00181. The SMILES string of the molecule is CC(C)N1CCN(C(=O)C/C(N)=N/O)CC1. The number of rotatable bonds is 3. The maximum absolute atomic E-state index is 11.7. The van der Waals surface area contributed by atoms with Gasteiger partial charge >= 0.3 is 0 Å². The van der Waals surface area contributed by atoms with E-state index in [1.165, 1.54) is 0 Å². The third-order valence-corrected chi connectivity index (χ3v) is 2.86. The first-order chi connectivity index (χ1) is 7.54. The van der Waals surface area contributed by atoms with Gasteiger partial charge in [-0.25, -0.2) is 0 Å². The molecule has 1 rings (SSSR count). The summed E-state index contributed by atoms with van der Waals surface area (Å²) in [6.07, 6.45) is -0.00181. The van der Waals surface area contributed by atoms with Crippen LogP contribution in [-0.4, -0.2) is 59.0 Å². The fourth-order valence-corrected chi connectivity index (χ4v) is 1.79. The second-order valence-electron chi connectivity index (χ2n) is 4.28. The van der Waals surface area contributed by atoms with Crippen LogP contribution >= 0.6 is 0 Å². The van der Waals surface area contributed by atoms with Crippen molar-refractivity contribution in [3.63, 3.8) is 0 Å². The Labute approximate surface area is 95.7 Å². The summed E-state index contributed by atoms with van der Waals surface area (Å²) in [5.74, 6) is -0.102. The predicted molar refractivity (Wildman–Crippen MR) is 61.3 cm³/mol. The third-order valence-electron chi connectivity index (χ3n) is 2.86. The van der Waals surface area contributed by atoms with Crippen molar-refractivity contribution in [2.24, 2.45) is 10.9 Å². The maximum atomic E-state index is 11.7. The second-order valence-corrected chi connectivity index (χ2v) is 4.28. The van der Waals surface area contributed by atoms with Crippen molar-refractivity contribution in [2.45, 2.75) is 26.3 Å². The fourth-order valence-electron chi connectivity index (χ4n) is 1.79. The molecule has 0 unspecified atom stereocenters. The molecule has 16 heavy (non-hydrogen) atoms. The Hall–Kier alpha value is -1.30. The highest BCUT2D eigenvalue weighted by atomic mass is 16.4. The van der Waals surface area contributed by atoms with E-state index < -0.39 is 0 Å². The van der Waals surface area contributed by atoms with Crippen LogP contribution in [0.15, 0.2) is 5.16 Å². The molecule has 3 N–H and O–H groups in total. The molecule has 1 fully saturated rings. The zero-order chi connectivity index (χ0) is 12.1. The van der Waals surface area contributed by atoms with Crippen molar-refractivity contribution in [1.29, 1.82) is 0 Å². The van der Waals surface area contributed by atoms with E-state index >= 15 is 0 Å². The summed E-state index contributed by atoms with van der Waals surface area (Å²) in [4.78, 5) is 15.8. The summed E-state index contributed by atoms with van der Waals surface area (Å²) in [7, 11) is 0. The minimum atomic E-state index is -0.0706. The normalized spacial score (nSPS) is 19.2. The highest BCUT2D eigenvalue weighted by Crippen LogP contribution is 2.06. The number of nitrogens with two attached hydrogens (primary N) is 1. The van der Waals surface area contributed by atoms with E-state index in [1.807, 2.05) is 0 Å². The van der Waals surface area contributed by atoms with Crippen LogP contribution in [0.4, 0.5) is 0 Å². The molecule has 0 saturated carbocycles. The first-order valence-corrected chi connectivity index (χ1v) is 5.52. The summed E-state index contributed by atoms with van der Waals surface area (Å²) in [5, 5.41) is 11.2. The lowest BCUT2D eigenvalue weighted by Gasteiger charge is -2.36. The Morgan fingerprint density at radius 1 is 1.38 bits per heavy atom. The van der Waals surface area contributed by atoms with Crippen LogP contribution in [0.2, 0.25) is 0 Å². The van der Waals surface area contributed by atoms with E-state index in [0.717, 1.165) is 26.2 Å². The molecule has 0 aromatic heterocycles. The fraction of sp³-hybridized carbons (Fsp3) is 0.800. The van der Waals surface area contributed by atoms with Crippen molar-refractivity contribution >= 4 is 11.7 Å². The van der Waals surface area contributed by atoms with Gasteiger partial charge in [-0.3, -0.25) is 9.69 Å². The number of oxime groups is 1. The molecule has 1 heterocycles. The summed E-state index contributed by atoms with van der Waals surface area (Å²) < 4.78 is 0. The van der Waals surface area contributed by atoms with E-state index in [9.17, 15) is 4.79 Å². The van der Waals surface area contributed by atoms with Crippen LogP contribution in [0.25, 0.3) is 0 Å². The molecule has 0 aromatic carbocycles. The van der Waals surface area contributed by atoms with Crippen LogP contribution in [0.3, 0.4) is 0 Å². The molecule has 6 nitrogen and oxygen atoms in total. The van der Waals surface area contributed by atoms with E-state index in [-0.39, 0.29) is 18.2 Å². The molecule has 1 aliphatic heterocycles. The standard InChI is InChI=1S/C10H20N4O2/c1-8(2)13-3-5-14(6-4-13)10(15)7-9(11)12-16/h8,16H,3-7H2,1-2H3,(H2,11,12). The van der Waals surface area contributed by atoms with Gasteiger partial charge in [0.15, 0.2) is 0 Å². The van der Waals surface area contributed by atoms with Crippen LogP contribution in [0.1, 0.15) is 20.3 Å². The Morgan fingerprint density at radius 2 is 1.94 bits per heavy atom. The molecular formula is C10H20N4O2. The molecule has 1 amide bonds. The van der Waals surface area contributed by atoms with Gasteiger partial charge in [0.05, 0.1) is 6.42 Å². The molecule has 0 atom stereocenters. The largest absolute Gasteiger partial charge is 0.409 e. The van der Waals surface area contributed by atoms with Crippen molar-refractivity contribution in [1.82, 2.24) is 9.80 Å². The van der Waals surface area contributed by atoms with Crippen molar-refractivity contribution in [3.05, 3.63) is 0 Å². The zero-order valence-corrected chi connectivity index (χ0v) is 9.89. The van der Waals surface area contributed by atoms with Crippen molar-refractivity contribution in [3.8, 4) is 0 Å². The van der Waals surface area contributed by atoms with Gasteiger partial charge in [-0.05, 0) is 13.8 Å². The Bertz CT molecular complexity index is 270. The summed E-state index contributed by atoms with van der Waals surface area (Å²) in [5.41, 5.74) is 5.30. The number of nitrogens with zero attached hydrogens (tertiary/aromatic N) is 3. The highest BCUT2D eigenvalue weighted by Gasteiger charge is 2.22. The lowest BCUT2D eigenvalue weighted by atomic mass is 10.2. The monoisotopic (exact) mass is 228 g/mol. The number of carbonyl (C=O) groups excluding carboxylic acids is 1. The van der Waals surface area contributed by atoms with E-state index in [1.54, 1.807) is 4.90 Å². The van der Waals surface area contributed by atoms with Gasteiger partial charge in [-0.15, -0.1) is 0 Å². The third kappa shape index (κ3) is 3.37. The molecule has 6 heteroatoms. The molecule has 1 aliphatic rings. The molecule has 0 radical (unpaired) electrons. The molecule has 0 bridgehead atoms. The van der Waals surface area contributed by atoms with Gasteiger partial charge in [0.25, 0.3) is 0 Å². The summed E-state index contributed by atoms with van der Waals surface area (Å²) in [6, 6.07) is 0.515. The Kier molecular flexibility index (Phi) is 4.54. The van der Waals surface area contributed by atoms with Gasteiger partial charge in [-0.2, -0.15) is 0 Å². The first kappa shape index (κ1) is 12.8. The van der Waals surface area contributed by atoms with Gasteiger partial charge in [0.2, 0.25) is 5.91 Å². The van der Waals surface area contributed by atoms with E-state index in [0.29, 0.717) is 6.04 Å². The lowest BCUT2D eigenvalue weighted by molar-refractivity contribution is -0.131. The van der Waals surface area contributed by atoms with Crippen molar-refractivity contribution < 1.29 is 10.0 Å². The van der Waals surface area contributed by atoms with E-state index in [4.69, 9.17) is 10.9 Å². The number of amidine groups is 1. The van der Waals surface area contributed by atoms with Crippen molar-refractivity contribution in [2.75, 3.05) is 26.2 Å². The molecule has 0 spiro atoms. The number of hydrogen-bond acceptors (Lipinski definition) is 4. The lowest BCUT2D eigenvalue weighted by Crippen LogP contribution is -2.51. The second kappa shape index (κ2) is 5.69. The molecule has 0 aliphatic carbocycles. The van der Waals surface area contributed by atoms with Gasteiger partial charge in [0, 0.05) is 32.2 Å². The van der Waals surface area contributed by atoms with Crippen LogP contribution in [0.5, 0.6) is 0 Å². The quantitative estimate of drug-likeness (QED) is 0.300. The van der Waals surface area contributed by atoms with Gasteiger partial charge < -0.3 is 15.8 Å². The van der Waals surface area contributed by atoms with Crippen LogP contribution < -0.4 is 5.73 Å². The average molecular weight is 228 g/mol. The number of amides is 1. The van der Waals surface area contributed by atoms with Gasteiger partial charge in [0.1, 0.15) is 5.84 Å². The Morgan fingerprint density at radius 3 is 2.38 bits per heavy atom. The summed E-state index contributed by atoms with van der Waals surface area (Å²) >= 11 is 0. The van der Waals surface area contributed by atoms with Crippen LogP contribution in [0, 0.1) is 0 Å². The van der Waals surface area contributed by atoms with E-state index in [2.05, 4.69) is 23.9 Å².